The summed E-state index contributed by atoms with van der Waals surface area (Å²) < 4.78 is 1.74. The Morgan fingerprint density at radius 2 is 1.96 bits per heavy atom. The molecule has 0 aliphatic rings. The first-order valence-corrected chi connectivity index (χ1v) is 10.6. The zero-order valence-corrected chi connectivity index (χ0v) is 17.3. The molecule has 0 bridgehead atoms. The van der Waals surface area contributed by atoms with E-state index in [1.165, 1.54) is 16.6 Å². The van der Waals surface area contributed by atoms with Gasteiger partial charge < -0.3 is 4.90 Å². The molecule has 2 heterocycles. The van der Waals surface area contributed by atoms with Crippen LogP contribution in [0.3, 0.4) is 0 Å². The van der Waals surface area contributed by atoms with Gasteiger partial charge in [0.15, 0.2) is 0 Å². The Labute approximate surface area is 167 Å². The van der Waals surface area contributed by atoms with Crippen LogP contribution >= 0.6 is 23.1 Å². The van der Waals surface area contributed by atoms with E-state index in [9.17, 15) is 4.79 Å². The number of thioether (sulfide) groups is 1. The van der Waals surface area contributed by atoms with Gasteiger partial charge in [-0.2, -0.15) is 0 Å². The number of benzene rings is 1. The minimum absolute atomic E-state index is 0.0713. The van der Waals surface area contributed by atoms with E-state index in [0.717, 1.165) is 5.56 Å². The fourth-order valence-electron chi connectivity index (χ4n) is 2.62. The SMILES string of the molecule is CC(C)(C)N(Cc1ccccc1)C(=O)CSc1nnnn1Cc1cccs1. The maximum Gasteiger partial charge on any atom is 0.233 e. The quantitative estimate of drug-likeness (QED) is 0.565. The molecule has 0 aliphatic carbocycles. The largest absolute Gasteiger partial charge is 0.333 e. The molecule has 27 heavy (non-hydrogen) atoms. The van der Waals surface area contributed by atoms with E-state index in [4.69, 9.17) is 0 Å². The molecular weight excluding hydrogens is 378 g/mol. The van der Waals surface area contributed by atoms with Crippen LogP contribution in [0.1, 0.15) is 31.2 Å². The van der Waals surface area contributed by atoms with Crippen molar-refractivity contribution < 1.29 is 4.79 Å². The van der Waals surface area contributed by atoms with E-state index in [-0.39, 0.29) is 11.4 Å². The summed E-state index contributed by atoms with van der Waals surface area (Å²) in [4.78, 5) is 16.0. The zero-order chi connectivity index (χ0) is 19.3. The summed E-state index contributed by atoms with van der Waals surface area (Å²) >= 11 is 3.04. The number of carbonyl (C=O) groups is 1. The van der Waals surface area contributed by atoms with Crippen molar-refractivity contribution >= 4 is 29.0 Å². The topological polar surface area (TPSA) is 63.9 Å². The first-order chi connectivity index (χ1) is 12.9. The lowest BCUT2D eigenvalue weighted by molar-refractivity contribution is -0.133. The summed E-state index contributed by atoms with van der Waals surface area (Å²) in [6.07, 6.45) is 0. The molecule has 3 aromatic rings. The van der Waals surface area contributed by atoms with Crippen molar-refractivity contribution in [1.82, 2.24) is 25.1 Å². The number of hydrogen-bond acceptors (Lipinski definition) is 6. The molecule has 0 aliphatic heterocycles. The molecule has 8 heteroatoms. The average molecular weight is 402 g/mol. The van der Waals surface area contributed by atoms with Crippen LogP contribution in [-0.4, -0.2) is 42.3 Å². The van der Waals surface area contributed by atoms with Gasteiger partial charge in [0.25, 0.3) is 0 Å². The third-order valence-corrected chi connectivity index (χ3v) is 5.81. The van der Waals surface area contributed by atoms with Crippen LogP contribution in [0, 0.1) is 0 Å². The first-order valence-electron chi connectivity index (χ1n) is 8.69. The molecule has 0 unspecified atom stereocenters. The lowest BCUT2D eigenvalue weighted by Gasteiger charge is -2.36. The summed E-state index contributed by atoms with van der Waals surface area (Å²) in [5.41, 5.74) is 0.851. The van der Waals surface area contributed by atoms with Gasteiger partial charge in [-0.25, -0.2) is 4.68 Å². The van der Waals surface area contributed by atoms with Crippen molar-refractivity contribution in [3.05, 3.63) is 58.3 Å². The molecule has 1 aromatic carbocycles. The van der Waals surface area contributed by atoms with E-state index >= 15 is 0 Å². The Hall–Kier alpha value is -2.19. The van der Waals surface area contributed by atoms with Crippen LogP contribution in [0.15, 0.2) is 53.0 Å². The minimum atomic E-state index is -0.267. The van der Waals surface area contributed by atoms with Gasteiger partial charge >= 0.3 is 0 Å². The molecule has 0 saturated heterocycles. The number of carbonyl (C=O) groups excluding carboxylic acids is 1. The molecule has 0 fully saturated rings. The Bertz CT molecular complexity index is 856. The highest BCUT2D eigenvalue weighted by Gasteiger charge is 2.27. The van der Waals surface area contributed by atoms with Gasteiger partial charge in [0.05, 0.1) is 12.3 Å². The van der Waals surface area contributed by atoms with Crippen LogP contribution in [-0.2, 0) is 17.9 Å². The second-order valence-electron chi connectivity index (χ2n) is 7.12. The third-order valence-electron chi connectivity index (χ3n) is 4.00. The minimum Gasteiger partial charge on any atom is -0.333 e. The van der Waals surface area contributed by atoms with E-state index in [2.05, 4.69) is 36.3 Å². The first kappa shape index (κ1) is 19.6. The Kier molecular flexibility index (Phi) is 6.28. The molecule has 0 radical (unpaired) electrons. The lowest BCUT2D eigenvalue weighted by atomic mass is 10.0. The van der Waals surface area contributed by atoms with Crippen LogP contribution in [0.25, 0.3) is 0 Å². The number of tetrazole rings is 1. The molecule has 6 nitrogen and oxygen atoms in total. The van der Waals surface area contributed by atoms with Gasteiger partial charge in [0.1, 0.15) is 0 Å². The maximum atomic E-state index is 12.9. The van der Waals surface area contributed by atoms with Crippen molar-refractivity contribution in [3.8, 4) is 0 Å². The predicted octanol–water partition coefficient (Wildman–Crippen LogP) is 3.70. The van der Waals surface area contributed by atoms with Crippen molar-refractivity contribution in [3.63, 3.8) is 0 Å². The number of thiophene rings is 1. The smallest absolute Gasteiger partial charge is 0.233 e. The summed E-state index contributed by atoms with van der Waals surface area (Å²) in [5, 5.41) is 14.6. The van der Waals surface area contributed by atoms with Gasteiger partial charge in [0, 0.05) is 17.0 Å². The molecule has 1 amide bonds. The third kappa shape index (κ3) is 5.40. The van der Waals surface area contributed by atoms with E-state index in [0.29, 0.717) is 24.0 Å². The molecule has 2 aromatic heterocycles. The number of amides is 1. The monoisotopic (exact) mass is 401 g/mol. The van der Waals surface area contributed by atoms with Crippen molar-refractivity contribution in [2.75, 3.05) is 5.75 Å². The highest BCUT2D eigenvalue weighted by molar-refractivity contribution is 7.99. The van der Waals surface area contributed by atoms with Crippen LogP contribution in [0.2, 0.25) is 0 Å². The maximum absolute atomic E-state index is 12.9. The van der Waals surface area contributed by atoms with Gasteiger partial charge in [-0.3, -0.25) is 4.79 Å². The lowest BCUT2D eigenvalue weighted by Crippen LogP contribution is -2.45. The average Bonchev–Trinajstić information content (AvgIpc) is 3.30. The standard InChI is InChI=1S/C19H23N5OS2/c1-19(2,3)23(12-15-8-5-4-6-9-15)17(25)14-27-18-20-21-22-24(18)13-16-10-7-11-26-16/h4-11H,12-14H2,1-3H3. The normalized spacial score (nSPS) is 11.5. The summed E-state index contributed by atoms with van der Waals surface area (Å²) in [6, 6.07) is 14.1. The highest BCUT2D eigenvalue weighted by Crippen LogP contribution is 2.22. The molecule has 142 valence electrons. The van der Waals surface area contributed by atoms with E-state index in [1.54, 1.807) is 16.0 Å². The Balaban J connectivity index is 1.65. The highest BCUT2D eigenvalue weighted by atomic mass is 32.2. The van der Waals surface area contributed by atoms with Crippen LogP contribution < -0.4 is 0 Å². The molecule has 0 saturated carbocycles. The number of nitrogens with zero attached hydrogens (tertiary/aromatic N) is 5. The molecule has 3 rings (SSSR count). The van der Waals surface area contributed by atoms with Gasteiger partial charge in [-0.1, -0.05) is 48.2 Å². The Morgan fingerprint density at radius 1 is 1.19 bits per heavy atom. The molecule has 0 N–H and O–H groups in total. The summed E-state index contributed by atoms with van der Waals surface area (Å²) in [6.45, 7) is 7.37. The molecular formula is C19H23N5OS2. The second-order valence-corrected chi connectivity index (χ2v) is 9.10. The summed E-state index contributed by atoms with van der Waals surface area (Å²) in [5.74, 6) is 0.372. The van der Waals surface area contributed by atoms with E-state index in [1.807, 2.05) is 52.7 Å². The van der Waals surface area contributed by atoms with E-state index < -0.39 is 0 Å². The number of hydrogen-bond donors (Lipinski definition) is 0. The van der Waals surface area contributed by atoms with Gasteiger partial charge in [-0.05, 0) is 48.2 Å². The van der Waals surface area contributed by atoms with Gasteiger partial charge in [0.2, 0.25) is 11.1 Å². The fraction of sp³-hybridized carbons (Fsp3) is 0.368. The van der Waals surface area contributed by atoms with Gasteiger partial charge in [-0.15, -0.1) is 16.4 Å². The molecule has 0 atom stereocenters. The molecule has 0 spiro atoms. The van der Waals surface area contributed by atoms with Crippen molar-refractivity contribution in [2.24, 2.45) is 0 Å². The Morgan fingerprint density at radius 3 is 2.63 bits per heavy atom. The zero-order valence-electron chi connectivity index (χ0n) is 15.7. The van der Waals surface area contributed by atoms with Crippen molar-refractivity contribution in [2.45, 2.75) is 44.6 Å². The van der Waals surface area contributed by atoms with Crippen molar-refractivity contribution in [1.29, 1.82) is 0 Å². The van der Waals surface area contributed by atoms with Crippen LogP contribution in [0.5, 0.6) is 0 Å². The van der Waals surface area contributed by atoms with Crippen LogP contribution in [0.4, 0.5) is 0 Å². The second kappa shape index (κ2) is 8.67. The predicted molar refractivity (Wildman–Crippen MR) is 109 cm³/mol. The fourth-order valence-corrected chi connectivity index (χ4v) is 4.06. The summed E-state index contributed by atoms with van der Waals surface area (Å²) in [7, 11) is 0. The number of rotatable bonds is 7. The number of aromatic nitrogens is 4.